The van der Waals surface area contributed by atoms with Gasteiger partial charge < -0.3 is 11.1 Å². The fraction of sp³-hybridized carbons (Fsp3) is 0.533. The molecule has 0 spiro atoms. The average molecular weight is 244 g/mol. The minimum absolute atomic E-state index is 0.116. The maximum atomic E-state index is 12.0. The lowest BCUT2D eigenvalue weighted by atomic mass is 9.86. The molecule has 18 heavy (non-hydrogen) atoms. The van der Waals surface area contributed by atoms with Crippen LogP contribution in [-0.4, -0.2) is 5.91 Å². The average Bonchev–Trinajstić information content (AvgIpc) is 2.94. The van der Waals surface area contributed by atoms with Crippen molar-refractivity contribution in [3.8, 4) is 0 Å². The Hall–Kier alpha value is -1.51. The lowest BCUT2D eigenvalue weighted by Crippen LogP contribution is -2.20. The van der Waals surface area contributed by atoms with Gasteiger partial charge in [-0.05, 0) is 49.1 Å². The molecule has 0 aliphatic heterocycles. The lowest BCUT2D eigenvalue weighted by Gasteiger charge is -2.21. The Morgan fingerprint density at radius 2 is 2.11 bits per heavy atom. The van der Waals surface area contributed by atoms with E-state index in [1.165, 1.54) is 25.7 Å². The van der Waals surface area contributed by atoms with Gasteiger partial charge in [0.1, 0.15) is 0 Å². The Labute approximate surface area is 108 Å². The van der Waals surface area contributed by atoms with E-state index in [0.29, 0.717) is 18.0 Å². The molecule has 2 aliphatic carbocycles. The maximum Gasteiger partial charge on any atom is 0.224 e. The summed E-state index contributed by atoms with van der Waals surface area (Å²) in [5.74, 6) is 2.42. The summed E-state index contributed by atoms with van der Waals surface area (Å²) >= 11 is 0. The quantitative estimate of drug-likeness (QED) is 0.803. The predicted molar refractivity (Wildman–Crippen MR) is 73.0 cm³/mol. The highest BCUT2D eigenvalue weighted by atomic mass is 16.1. The molecule has 0 aromatic heterocycles. The molecule has 0 radical (unpaired) electrons. The Bertz CT molecular complexity index is 458. The number of rotatable bonds is 3. The Kier molecular flexibility index (Phi) is 2.98. The number of nitrogens with one attached hydrogen (secondary N) is 1. The summed E-state index contributed by atoms with van der Waals surface area (Å²) in [6, 6.07) is 7.44. The molecule has 96 valence electrons. The number of carbonyl (C=O) groups is 1. The van der Waals surface area contributed by atoms with Crippen molar-refractivity contribution in [2.45, 2.75) is 32.1 Å². The molecule has 2 bridgehead atoms. The number of nitrogen functional groups attached to an aromatic ring is 1. The second-order valence-electron chi connectivity index (χ2n) is 5.77. The van der Waals surface area contributed by atoms with Crippen molar-refractivity contribution in [2.75, 3.05) is 11.1 Å². The zero-order valence-corrected chi connectivity index (χ0v) is 10.6. The van der Waals surface area contributed by atoms with Crippen molar-refractivity contribution in [1.82, 2.24) is 0 Å². The van der Waals surface area contributed by atoms with Gasteiger partial charge in [-0.2, -0.15) is 0 Å². The van der Waals surface area contributed by atoms with E-state index in [4.69, 9.17) is 5.73 Å². The molecule has 3 N–H and O–H groups in total. The third-order valence-electron chi connectivity index (χ3n) is 4.57. The second-order valence-corrected chi connectivity index (χ2v) is 5.77. The number of hydrogen-bond acceptors (Lipinski definition) is 2. The molecule has 1 aromatic rings. The van der Waals surface area contributed by atoms with Gasteiger partial charge in [0.05, 0.1) is 11.4 Å². The maximum absolute atomic E-state index is 12.0. The van der Waals surface area contributed by atoms with Crippen LogP contribution in [0.25, 0.3) is 0 Å². The molecule has 2 saturated carbocycles. The van der Waals surface area contributed by atoms with Crippen LogP contribution in [-0.2, 0) is 4.79 Å². The van der Waals surface area contributed by atoms with Gasteiger partial charge in [-0.15, -0.1) is 0 Å². The number of amides is 1. The first kappa shape index (κ1) is 11.6. The third kappa shape index (κ3) is 2.22. The molecule has 2 fully saturated rings. The highest BCUT2D eigenvalue weighted by Gasteiger charge is 2.40. The first-order chi connectivity index (χ1) is 8.72. The summed E-state index contributed by atoms with van der Waals surface area (Å²) in [5.41, 5.74) is 7.20. The molecule has 3 heteroatoms. The summed E-state index contributed by atoms with van der Waals surface area (Å²) in [5, 5.41) is 2.93. The van der Waals surface area contributed by atoms with E-state index in [9.17, 15) is 4.79 Å². The number of hydrogen-bond donors (Lipinski definition) is 2. The third-order valence-corrected chi connectivity index (χ3v) is 4.57. The van der Waals surface area contributed by atoms with Crippen LogP contribution in [0.1, 0.15) is 32.1 Å². The van der Waals surface area contributed by atoms with Gasteiger partial charge in [0.25, 0.3) is 0 Å². The van der Waals surface area contributed by atoms with Crippen molar-refractivity contribution < 1.29 is 4.79 Å². The number of fused-ring (bicyclic) bond motifs is 2. The molecule has 0 heterocycles. The van der Waals surface area contributed by atoms with Crippen LogP contribution in [0, 0.1) is 17.8 Å². The number of anilines is 2. The SMILES string of the molecule is Nc1ccccc1NC(=O)CC1CC2CCC1C2. The summed E-state index contributed by atoms with van der Waals surface area (Å²) in [6.07, 6.45) is 5.98. The summed E-state index contributed by atoms with van der Waals surface area (Å²) in [4.78, 5) is 12.0. The Morgan fingerprint density at radius 3 is 2.78 bits per heavy atom. The van der Waals surface area contributed by atoms with Gasteiger partial charge >= 0.3 is 0 Å². The number of carbonyl (C=O) groups excluding carboxylic acids is 1. The van der Waals surface area contributed by atoms with Crippen molar-refractivity contribution in [1.29, 1.82) is 0 Å². The fourth-order valence-corrected chi connectivity index (χ4v) is 3.68. The van der Waals surface area contributed by atoms with E-state index >= 15 is 0 Å². The van der Waals surface area contributed by atoms with Gasteiger partial charge in [0, 0.05) is 6.42 Å². The predicted octanol–water partition coefficient (Wildman–Crippen LogP) is 3.03. The molecule has 1 amide bonds. The van der Waals surface area contributed by atoms with Crippen molar-refractivity contribution in [2.24, 2.45) is 17.8 Å². The van der Waals surface area contributed by atoms with E-state index in [1.807, 2.05) is 24.3 Å². The van der Waals surface area contributed by atoms with Gasteiger partial charge in [-0.25, -0.2) is 0 Å². The highest BCUT2D eigenvalue weighted by molar-refractivity contribution is 5.93. The van der Waals surface area contributed by atoms with Crippen molar-refractivity contribution in [3.05, 3.63) is 24.3 Å². The first-order valence-electron chi connectivity index (χ1n) is 6.86. The van der Waals surface area contributed by atoms with E-state index in [1.54, 1.807) is 0 Å². The summed E-state index contributed by atoms with van der Waals surface area (Å²) in [7, 11) is 0. The van der Waals surface area contributed by atoms with Crippen LogP contribution >= 0.6 is 0 Å². The number of nitrogens with two attached hydrogens (primary N) is 1. The van der Waals surface area contributed by atoms with Crippen LogP contribution in [0.15, 0.2) is 24.3 Å². The number of benzene rings is 1. The molecule has 3 atom stereocenters. The molecule has 2 aliphatic rings. The minimum atomic E-state index is 0.116. The van der Waals surface area contributed by atoms with Crippen molar-refractivity contribution >= 4 is 17.3 Å². The molecule has 1 aromatic carbocycles. The fourth-order valence-electron chi connectivity index (χ4n) is 3.68. The molecule has 0 saturated heterocycles. The zero-order chi connectivity index (χ0) is 12.5. The lowest BCUT2D eigenvalue weighted by molar-refractivity contribution is -0.117. The van der Waals surface area contributed by atoms with E-state index in [-0.39, 0.29) is 5.91 Å². The Balaban J connectivity index is 1.58. The first-order valence-corrected chi connectivity index (χ1v) is 6.86. The van der Waals surface area contributed by atoms with Crippen LogP contribution in [0.3, 0.4) is 0 Å². The van der Waals surface area contributed by atoms with E-state index in [0.717, 1.165) is 17.5 Å². The number of para-hydroxylation sites is 2. The van der Waals surface area contributed by atoms with E-state index < -0.39 is 0 Å². The summed E-state index contributed by atoms with van der Waals surface area (Å²) in [6.45, 7) is 0. The minimum Gasteiger partial charge on any atom is -0.397 e. The van der Waals surface area contributed by atoms with Crippen LogP contribution in [0.2, 0.25) is 0 Å². The Morgan fingerprint density at radius 1 is 1.28 bits per heavy atom. The van der Waals surface area contributed by atoms with Gasteiger partial charge in [-0.1, -0.05) is 18.6 Å². The molecular weight excluding hydrogens is 224 g/mol. The molecule has 3 rings (SSSR count). The van der Waals surface area contributed by atoms with Crippen LogP contribution < -0.4 is 11.1 Å². The van der Waals surface area contributed by atoms with Gasteiger partial charge in [-0.3, -0.25) is 4.79 Å². The standard InChI is InChI=1S/C15H20N2O/c16-13-3-1-2-4-14(13)17-15(18)9-12-8-10-5-6-11(12)7-10/h1-4,10-12H,5-9,16H2,(H,17,18). The second kappa shape index (κ2) is 4.63. The van der Waals surface area contributed by atoms with Crippen LogP contribution in [0.4, 0.5) is 11.4 Å². The molecule has 3 unspecified atom stereocenters. The largest absolute Gasteiger partial charge is 0.397 e. The normalized spacial score (nSPS) is 29.4. The van der Waals surface area contributed by atoms with Gasteiger partial charge in [0.15, 0.2) is 0 Å². The van der Waals surface area contributed by atoms with Crippen molar-refractivity contribution in [3.63, 3.8) is 0 Å². The molecular formula is C15H20N2O. The molecule has 3 nitrogen and oxygen atoms in total. The topological polar surface area (TPSA) is 55.1 Å². The smallest absolute Gasteiger partial charge is 0.224 e. The monoisotopic (exact) mass is 244 g/mol. The van der Waals surface area contributed by atoms with E-state index in [2.05, 4.69) is 5.32 Å². The summed E-state index contributed by atoms with van der Waals surface area (Å²) < 4.78 is 0. The van der Waals surface area contributed by atoms with Gasteiger partial charge in [0.2, 0.25) is 5.91 Å². The van der Waals surface area contributed by atoms with Crippen LogP contribution in [0.5, 0.6) is 0 Å². The highest BCUT2D eigenvalue weighted by Crippen LogP contribution is 2.49. The zero-order valence-electron chi connectivity index (χ0n) is 10.6.